The second kappa shape index (κ2) is 21.4. The minimum Gasteiger partial charge on any atom is -0.463 e. The molecular formula is C43H53N3O12S. The van der Waals surface area contributed by atoms with E-state index in [1.165, 1.54) is 20.8 Å². The number of nitrogens with zero attached hydrogens (tertiary/aromatic N) is 2. The number of pyridine rings is 1. The van der Waals surface area contributed by atoms with E-state index < -0.39 is 60.7 Å². The Kier molecular flexibility index (Phi) is 16.4. The maximum absolute atomic E-state index is 12.3. The van der Waals surface area contributed by atoms with E-state index in [1.807, 2.05) is 66.7 Å². The summed E-state index contributed by atoms with van der Waals surface area (Å²) in [6.07, 6.45) is -4.67. The van der Waals surface area contributed by atoms with Crippen LogP contribution in [0.2, 0.25) is 0 Å². The first-order valence-corrected chi connectivity index (χ1v) is 19.9. The molecule has 0 bridgehead atoms. The van der Waals surface area contributed by atoms with Crippen LogP contribution in [-0.4, -0.2) is 107 Å². The van der Waals surface area contributed by atoms with E-state index in [0.717, 1.165) is 42.3 Å². The molecule has 0 aliphatic carbocycles. The number of ether oxygens (including phenoxy) is 7. The zero-order chi connectivity index (χ0) is 42.6. The molecule has 2 aliphatic rings. The number of hydrogen-bond acceptors (Lipinski definition) is 15. The van der Waals surface area contributed by atoms with Crippen LogP contribution in [-0.2, 0) is 65.4 Å². The molecule has 5 rings (SSSR count). The van der Waals surface area contributed by atoms with Crippen molar-refractivity contribution in [1.29, 1.82) is 0 Å². The van der Waals surface area contributed by atoms with E-state index in [4.69, 9.17) is 45.4 Å². The van der Waals surface area contributed by atoms with Gasteiger partial charge in [-0.1, -0.05) is 61.6 Å². The van der Waals surface area contributed by atoms with Crippen LogP contribution in [0.15, 0.2) is 72.9 Å². The van der Waals surface area contributed by atoms with Gasteiger partial charge < -0.3 is 48.5 Å². The lowest BCUT2D eigenvalue weighted by molar-refractivity contribution is -0.275. The number of thiocarbonyl (C=S) groups is 1. The van der Waals surface area contributed by atoms with Gasteiger partial charge >= 0.3 is 23.9 Å². The van der Waals surface area contributed by atoms with E-state index in [9.17, 15) is 24.3 Å². The van der Waals surface area contributed by atoms with Gasteiger partial charge in [-0.3, -0.25) is 24.2 Å². The zero-order valence-electron chi connectivity index (χ0n) is 34.1. The number of aliphatic hydroxyl groups is 1. The number of aromatic nitrogens is 1. The van der Waals surface area contributed by atoms with E-state index in [0.29, 0.717) is 12.2 Å². The van der Waals surface area contributed by atoms with Gasteiger partial charge in [0, 0.05) is 82.7 Å². The Bertz CT molecular complexity index is 1900. The number of benzene rings is 2. The first kappa shape index (κ1) is 45.2. The highest BCUT2D eigenvalue weighted by Crippen LogP contribution is 2.42. The van der Waals surface area contributed by atoms with Gasteiger partial charge in [-0.25, -0.2) is 0 Å². The third-order valence-corrected chi connectivity index (χ3v) is 10.3. The van der Waals surface area contributed by atoms with Crippen LogP contribution in [0.4, 0.5) is 5.69 Å². The molecular weight excluding hydrogens is 783 g/mol. The van der Waals surface area contributed by atoms with Crippen molar-refractivity contribution in [3.63, 3.8) is 0 Å². The summed E-state index contributed by atoms with van der Waals surface area (Å²) in [6, 6.07) is 21.1. The van der Waals surface area contributed by atoms with Crippen LogP contribution in [0.3, 0.4) is 0 Å². The van der Waals surface area contributed by atoms with Gasteiger partial charge in [0.2, 0.25) is 0 Å². The van der Waals surface area contributed by atoms with Gasteiger partial charge in [-0.2, -0.15) is 0 Å². The van der Waals surface area contributed by atoms with Crippen molar-refractivity contribution in [2.45, 2.75) is 103 Å². The second-order valence-electron chi connectivity index (χ2n) is 14.8. The zero-order valence-corrected chi connectivity index (χ0v) is 34.9. The molecule has 0 saturated carbocycles. The van der Waals surface area contributed by atoms with Crippen LogP contribution in [0.1, 0.15) is 75.8 Å². The number of carbonyl (C=O) groups is 4. The third kappa shape index (κ3) is 13.1. The second-order valence-corrected chi connectivity index (χ2v) is 15.3. The number of aliphatic hydroxyl groups excluding tert-OH is 1. The Balaban J connectivity index is 1.35. The summed E-state index contributed by atoms with van der Waals surface area (Å²) in [6.45, 7) is 7.85. The van der Waals surface area contributed by atoms with Crippen molar-refractivity contribution in [3.8, 4) is 0 Å². The summed E-state index contributed by atoms with van der Waals surface area (Å²) in [7, 11) is 2.06. The summed E-state index contributed by atoms with van der Waals surface area (Å²) in [5.41, 5.74) is 4.11. The molecule has 1 aromatic heterocycles. The largest absolute Gasteiger partial charge is 0.463 e. The monoisotopic (exact) mass is 835 g/mol. The van der Waals surface area contributed by atoms with Crippen molar-refractivity contribution < 1.29 is 57.4 Å². The van der Waals surface area contributed by atoms with Gasteiger partial charge in [0.15, 0.2) is 24.6 Å². The average Bonchev–Trinajstić information content (AvgIpc) is 3.19. The Morgan fingerprint density at radius 3 is 2.10 bits per heavy atom. The van der Waals surface area contributed by atoms with Crippen LogP contribution >= 0.6 is 12.2 Å². The molecule has 3 aromatic rings. The van der Waals surface area contributed by atoms with E-state index in [1.54, 1.807) is 6.20 Å². The number of rotatable bonds is 16. The first-order valence-electron chi connectivity index (χ1n) is 19.5. The summed E-state index contributed by atoms with van der Waals surface area (Å²) in [5.74, 6) is -2.78. The van der Waals surface area contributed by atoms with Crippen LogP contribution in [0.5, 0.6) is 0 Å². The molecule has 0 amide bonds. The molecule has 318 valence electrons. The lowest BCUT2D eigenvalue weighted by Gasteiger charge is -2.44. The number of anilines is 1. The van der Waals surface area contributed by atoms with Crippen molar-refractivity contribution in [3.05, 3.63) is 95.3 Å². The quantitative estimate of drug-likeness (QED) is 0.114. The van der Waals surface area contributed by atoms with Crippen LogP contribution in [0, 0.1) is 5.92 Å². The van der Waals surface area contributed by atoms with E-state index in [-0.39, 0.29) is 42.7 Å². The maximum atomic E-state index is 12.3. The van der Waals surface area contributed by atoms with Crippen molar-refractivity contribution in [2.75, 3.05) is 32.1 Å². The highest BCUT2D eigenvalue weighted by molar-refractivity contribution is 7.80. The lowest BCUT2D eigenvalue weighted by atomic mass is 9.90. The van der Waals surface area contributed by atoms with Crippen LogP contribution < -0.4 is 5.32 Å². The van der Waals surface area contributed by atoms with E-state index in [2.05, 4.69) is 29.2 Å². The maximum Gasteiger partial charge on any atom is 0.303 e. The number of carbonyl (C=O) groups excluding carboxylic acids is 4. The van der Waals surface area contributed by atoms with Crippen LogP contribution in [0.25, 0.3) is 0 Å². The SMILES string of the molecule is CC(=O)OCC1OC(CC(=S)Nc2cccc(C3OC(CN(C)CCc4ccccn4)C(C)C(c4ccc(CO)cc4)O3)c2)C(OC(C)=O)C(OC(C)=O)C1OC(C)=O. The minimum absolute atomic E-state index is 0.0287. The van der Waals surface area contributed by atoms with Gasteiger partial charge in [-0.05, 0) is 42.4 Å². The number of esters is 4. The molecule has 9 unspecified atom stereocenters. The smallest absolute Gasteiger partial charge is 0.303 e. The number of likely N-dealkylation sites (N-methyl/N-ethyl adjacent to an activating group) is 1. The van der Waals surface area contributed by atoms with Gasteiger partial charge in [0.1, 0.15) is 18.8 Å². The Hall–Kier alpha value is -4.84. The molecule has 16 heteroatoms. The fourth-order valence-corrected chi connectivity index (χ4v) is 7.50. The highest BCUT2D eigenvalue weighted by atomic mass is 32.1. The molecule has 0 spiro atoms. The van der Waals surface area contributed by atoms with Gasteiger partial charge in [0.25, 0.3) is 0 Å². The molecule has 2 N–H and O–H groups in total. The molecule has 15 nitrogen and oxygen atoms in total. The normalized spacial score (nSPS) is 25.4. The summed E-state index contributed by atoms with van der Waals surface area (Å²) < 4.78 is 41.5. The molecule has 2 saturated heterocycles. The summed E-state index contributed by atoms with van der Waals surface area (Å²) in [5, 5.41) is 12.9. The average molecular weight is 836 g/mol. The minimum atomic E-state index is -1.30. The highest BCUT2D eigenvalue weighted by Gasteiger charge is 2.52. The Morgan fingerprint density at radius 2 is 1.47 bits per heavy atom. The Labute approximate surface area is 349 Å². The molecule has 2 fully saturated rings. The standard InChI is InChI=1S/C43H53N3O12S/c1-25-36(22-46(6)19-17-33-11-7-8-18-44-33)57-43(58-39(25)31-15-13-30(23-47)14-16-31)32-10-9-12-34(20-32)45-38(59)21-35-40(53-27(3)49)42(55-29(5)51)41(54-28(4)50)37(56-35)24-52-26(2)48/h7-16,18,20,25,35-37,39-43,47H,17,19,21-24H2,1-6H3,(H,45,59). The van der Waals surface area contributed by atoms with Crippen molar-refractivity contribution in [1.82, 2.24) is 9.88 Å². The van der Waals surface area contributed by atoms with Crippen molar-refractivity contribution >= 4 is 46.8 Å². The first-order chi connectivity index (χ1) is 28.2. The predicted molar refractivity (Wildman–Crippen MR) is 218 cm³/mol. The van der Waals surface area contributed by atoms with E-state index >= 15 is 0 Å². The molecule has 59 heavy (non-hydrogen) atoms. The lowest BCUT2D eigenvalue weighted by Crippen LogP contribution is -2.62. The topological polar surface area (TPSA) is 181 Å². The third-order valence-electron chi connectivity index (χ3n) is 10.0. The van der Waals surface area contributed by atoms with Crippen molar-refractivity contribution in [2.24, 2.45) is 5.92 Å². The summed E-state index contributed by atoms with van der Waals surface area (Å²) in [4.78, 5) is 55.5. The molecule has 3 heterocycles. The fourth-order valence-electron chi connectivity index (χ4n) is 7.22. The number of nitrogens with one attached hydrogen (secondary N) is 1. The Morgan fingerprint density at radius 1 is 0.797 bits per heavy atom. The predicted octanol–water partition coefficient (Wildman–Crippen LogP) is 4.79. The molecule has 2 aromatic carbocycles. The summed E-state index contributed by atoms with van der Waals surface area (Å²) >= 11 is 5.80. The molecule has 9 atom stereocenters. The number of hydrogen-bond donors (Lipinski definition) is 2. The fraction of sp³-hybridized carbons (Fsp3) is 0.488. The van der Waals surface area contributed by atoms with Gasteiger partial charge in [0.05, 0.1) is 23.8 Å². The molecule has 2 aliphatic heterocycles. The van der Waals surface area contributed by atoms with Gasteiger partial charge in [-0.15, -0.1) is 0 Å². The molecule has 0 radical (unpaired) electrons.